The number of carbonyl (C=O) groups is 1. The molecule has 0 aliphatic heterocycles. The maximum atomic E-state index is 12.1. The average molecular weight is 439 g/mol. The Balaban J connectivity index is 1.50. The number of benzene rings is 2. The van der Waals surface area contributed by atoms with E-state index < -0.39 is 10.0 Å². The van der Waals surface area contributed by atoms with Crippen molar-refractivity contribution in [3.8, 4) is 5.69 Å². The minimum atomic E-state index is -3.36. The van der Waals surface area contributed by atoms with Gasteiger partial charge in [0.15, 0.2) is 0 Å². The van der Waals surface area contributed by atoms with Crippen molar-refractivity contribution in [3.63, 3.8) is 0 Å². The number of aromatic nitrogens is 2. The molecule has 162 valence electrons. The molecule has 0 atom stereocenters. The highest BCUT2D eigenvalue weighted by Crippen LogP contribution is 2.10. The van der Waals surface area contributed by atoms with E-state index in [2.05, 4.69) is 15.1 Å². The molecule has 0 saturated carbocycles. The predicted molar refractivity (Wildman–Crippen MR) is 122 cm³/mol. The highest BCUT2D eigenvalue weighted by molar-refractivity contribution is 7.88. The van der Waals surface area contributed by atoms with Crippen LogP contribution in [-0.4, -0.2) is 30.1 Å². The molecule has 2 N–H and O–H groups in total. The molecule has 0 radical (unpaired) electrons. The number of hydrogen-bond donors (Lipinski definition) is 2. The van der Waals surface area contributed by atoms with Crippen LogP contribution in [0.3, 0.4) is 0 Å². The first-order valence-electron chi connectivity index (χ1n) is 9.94. The minimum absolute atomic E-state index is 0.0722. The van der Waals surface area contributed by atoms with Gasteiger partial charge in [-0.2, -0.15) is 5.10 Å². The Hall–Kier alpha value is -3.23. The molecule has 3 aromatic rings. The Morgan fingerprint density at radius 2 is 1.74 bits per heavy atom. The summed E-state index contributed by atoms with van der Waals surface area (Å²) in [6.07, 6.45) is 6.71. The molecular formula is C23H26N4O3S. The average Bonchev–Trinajstić information content (AvgIpc) is 3.20. The molecule has 1 amide bonds. The molecule has 1 aromatic heterocycles. The molecule has 7 nitrogen and oxygen atoms in total. The van der Waals surface area contributed by atoms with Crippen molar-refractivity contribution in [2.75, 3.05) is 0 Å². The summed E-state index contributed by atoms with van der Waals surface area (Å²) in [6, 6.07) is 16.7. The molecule has 0 aliphatic carbocycles. The van der Waals surface area contributed by atoms with Crippen molar-refractivity contribution in [2.45, 2.75) is 32.2 Å². The number of para-hydroxylation sites is 1. The van der Waals surface area contributed by atoms with Gasteiger partial charge in [0.1, 0.15) is 0 Å². The van der Waals surface area contributed by atoms with Gasteiger partial charge in [0.2, 0.25) is 15.9 Å². The topological polar surface area (TPSA) is 93.1 Å². The molecule has 0 spiro atoms. The summed E-state index contributed by atoms with van der Waals surface area (Å²) < 4.78 is 28.3. The van der Waals surface area contributed by atoms with E-state index in [1.807, 2.05) is 48.7 Å². The zero-order valence-electron chi connectivity index (χ0n) is 17.5. The third kappa shape index (κ3) is 7.20. The summed E-state index contributed by atoms with van der Waals surface area (Å²) >= 11 is 0. The zero-order chi connectivity index (χ0) is 22.3. The smallest absolute Gasteiger partial charge is 0.244 e. The van der Waals surface area contributed by atoms with Crippen LogP contribution < -0.4 is 10.0 Å². The van der Waals surface area contributed by atoms with Crippen LogP contribution in [0.15, 0.2) is 73.1 Å². The number of sulfonamides is 1. The summed E-state index contributed by atoms with van der Waals surface area (Å²) in [6.45, 7) is 3.92. The van der Waals surface area contributed by atoms with Gasteiger partial charge in [-0.25, -0.2) is 17.8 Å². The maximum absolute atomic E-state index is 12.1. The minimum Gasteiger partial charge on any atom is -0.348 e. The van der Waals surface area contributed by atoms with Crippen molar-refractivity contribution in [1.82, 2.24) is 19.8 Å². The van der Waals surface area contributed by atoms with Gasteiger partial charge in [0.05, 0.1) is 17.6 Å². The highest BCUT2D eigenvalue weighted by atomic mass is 32.2. The Morgan fingerprint density at radius 3 is 2.42 bits per heavy atom. The van der Waals surface area contributed by atoms with Crippen LogP contribution >= 0.6 is 0 Å². The Morgan fingerprint density at radius 1 is 1.06 bits per heavy atom. The van der Waals surface area contributed by atoms with E-state index in [1.54, 1.807) is 42.9 Å². The lowest BCUT2D eigenvalue weighted by Gasteiger charge is -2.10. The second-order valence-corrected chi connectivity index (χ2v) is 9.21. The van der Waals surface area contributed by atoms with Gasteiger partial charge in [-0.1, -0.05) is 42.5 Å². The van der Waals surface area contributed by atoms with Crippen LogP contribution in [0, 0.1) is 0 Å². The molecule has 1 heterocycles. The van der Waals surface area contributed by atoms with E-state index in [9.17, 15) is 13.2 Å². The van der Waals surface area contributed by atoms with Gasteiger partial charge in [-0.3, -0.25) is 4.79 Å². The standard InChI is InChI=1S/C23H26N4O3S/c1-18(2)26-31(29,30)17-20-10-8-19(9-11-20)14-24-23(28)13-12-21-15-25-27(16-21)22-6-4-3-5-7-22/h3-13,15-16,18,26H,14,17H2,1-2H3,(H,24,28)/b13-12+. The highest BCUT2D eigenvalue weighted by Gasteiger charge is 2.12. The van der Waals surface area contributed by atoms with Crippen molar-refractivity contribution in [1.29, 1.82) is 0 Å². The lowest BCUT2D eigenvalue weighted by atomic mass is 10.1. The number of nitrogens with zero attached hydrogens (tertiary/aromatic N) is 2. The fourth-order valence-corrected chi connectivity index (χ4v) is 4.37. The van der Waals surface area contributed by atoms with Crippen molar-refractivity contribution >= 4 is 22.0 Å². The first-order valence-corrected chi connectivity index (χ1v) is 11.6. The quantitative estimate of drug-likeness (QED) is 0.502. The molecule has 0 bridgehead atoms. The summed E-state index contributed by atoms with van der Waals surface area (Å²) in [5, 5.41) is 7.11. The Bertz CT molecular complexity index is 1140. The first-order chi connectivity index (χ1) is 14.8. The second kappa shape index (κ2) is 10.2. The number of hydrogen-bond acceptors (Lipinski definition) is 4. The second-order valence-electron chi connectivity index (χ2n) is 7.45. The molecule has 3 rings (SSSR count). The van der Waals surface area contributed by atoms with Gasteiger partial charge >= 0.3 is 0 Å². The molecule has 0 unspecified atom stereocenters. The van der Waals surface area contributed by atoms with E-state index in [4.69, 9.17) is 0 Å². The number of carbonyl (C=O) groups excluding carboxylic acids is 1. The van der Waals surface area contributed by atoms with Crippen molar-refractivity contribution in [3.05, 3.63) is 89.8 Å². The van der Waals surface area contributed by atoms with Crippen LogP contribution in [0.4, 0.5) is 0 Å². The summed E-state index contributed by atoms with van der Waals surface area (Å²) in [7, 11) is -3.36. The molecule has 0 saturated heterocycles. The van der Waals surface area contributed by atoms with Crippen LogP contribution in [0.2, 0.25) is 0 Å². The maximum Gasteiger partial charge on any atom is 0.244 e. The zero-order valence-corrected chi connectivity index (χ0v) is 18.3. The number of amides is 1. The fourth-order valence-electron chi connectivity index (χ4n) is 2.94. The van der Waals surface area contributed by atoms with Gasteiger partial charge in [-0.05, 0) is 43.2 Å². The summed E-state index contributed by atoms with van der Waals surface area (Å²) in [4.78, 5) is 12.1. The lowest BCUT2D eigenvalue weighted by molar-refractivity contribution is -0.116. The van der Waals surface area contributed by atoms with Crippen LogP contribution in [0.5, 0.6) is 0 Å². The Kier molecular flexibility index (Phi) is 7.38. The predicted octanol–water partition coefficient (Wildman–Crippen LogP) is 3.03. The van der Waals surface area contributed by atoms with Gasteiger partial charge in [0, 0.05) is 30.4 Å². The molecule has 31 heavy (non-hydrogen) atoms. The van der Waals surface area contributed by atoms with Crippen LogP contribution in [0.1, 0.15) is 30.5 Å². The molecule has 0 fully saturated rings. The van der Waals surface area contributed by atoms with Crippen LogP contribution in [0.25, 0.3) is 11.8 Å². The van der Waals surface area contributed by atoms with Crippen molar-refractivity contribution in [2.24, 2.45) is 0 Å². The molecular weight excluding hydrogens is 412 g/mol. The van der Waals surface area contributed by atoms with Crippen LogP contribution in [-0.2, 0) is 27.1 Å². The summed E-state index contributed by atoms with van der Waals surface area (Å²) in [5.41, 5.74) is 3.34. The third-order valence-electron chi connectivity index (χ3n) is 4.31. The Labute approximate surface area is 182 Å². The summed E-state index contributed by atoms with van der Waals surface area (Å²) in [5.74, 6) is -0.294. The van der Waals surface area contributed by atoms with E-state index >= 15 is 0 Å². The number of rotatable bonds is 9. The SMILES string of the molecule is CC(C)NS(=O)(=O)Cc1ccc(CNC(=O)/C=C/c2cnn(-c3ccccc3)c2)cc1. The number of nitrogens with one attached hydrogen (secondary N) is 2. The van der Waals surface area contributed by atoms with E-state index in [1.165, 1.54) is 6.08 Å². The lowest BCUT2D eigenvalue weighted by Crippen LogP contribution is -2.31. The largest absolute Gasteiger partial charge is 0.348 e. The normalized spacial score (nSPS) is 11.8. The van der Waals surface area contributed by atoms with Gasteiger partial charge in [-0.15, -0.1) is 0 Å². The fraction of sp³-hybridized carbons (Fsp3) is 0.217. The first kappa shape index (κ1) is 22.5. The van der Waals surface area contributed by atoms with E-state index in [0.29, 0.717) is 12.1 Å². The van der Waals surface area contributed by atoms with E-state index in [0.717, 1.165) is 16.8 Å². The van der Waals surface area contributed by atoms with Crippen molar-refractivity contribution < 1.29 is 13.2 Å². The molecule has 8 heteroatoms. The van der Waals surface area contributed by atoms with Gasteiger partial charge < -0.3 is 5.32 Å². The van der Waals surface area contributed by atoms with E-state index in [-0.39, 0.29) is 17.7 Å². The third-order valence-corrected chi connectivity index (χ3v) is 5.86. The monoisotopic (exact) mass is 438 g/mol. The van der Waals surface area contributed by atoms with Gasteiger partial charge in [0.25, 0.3) is 0 Å². The molecule has 2 aromatic carbocycles. The molecule has 0 aliphatic rings.